The Bertz CT molecular complexity index is 1090. The van der Waals surface area contributed by atoms with Gasteiger partial charge in [0.2, 0.25) is 17.7 Å². The number of carbonyl (C=O) groups excluding carboxylic acids is 3. The van der Waals surface area contributed by atoms with Gasteiger partial charge in [-0.05, 0) is 55.3 Å². The fourth-order valence-corrected chi connectivity index (χ4v) is 4.43. The minimum atomic E-state index is -0.817. The minimum absolute atomic E-state index is 0.0753. The van der Waals surface area contributed by atoms with Gasteiger partial charge in [-0.3, -0.25) is 19.7 Å². The monoisotopic (exact) mass is 475 g/mol. The van der Waals surface area contributed by atoms with Crippen LogP contribution < -0.4 is 26.6 Å². The quantitative estimate of drug-likeness (QED) is 0.466. The van der Waals surface area contributed by atoms with E-state index in [-0.39, 0.29) is 24.1 Å². The smallest absolute Gasteiger partial charge is 0.229 e. The number of hydrogen-bond acceptors (Lipinski definition) is 5. The zero-order valence-corrected chi connectivity index (χ0v) is 19.0. The summed E-state index contributed by atoms with van der Waals surface area (Å²) in [6.07, 6.45) is -1.50. The zero-order chi connectivity index (χ0) is 23.0. The topological polar surface area (TPSA) is 111 Å². The summed E-state index contributed by atoms with van der Waals surface area (Å²) in [4.78, 5) is 38.3. The first-order valence-electron chi connectivity index (χ1n) is 10.2. The molecule has 0 saturated carbocycles. The molecule has 0 aliphatic carbocycles. The van der Waals surface area contributed by atoms with Crippen molar-refractivity contribution in [2.24, 2.45) is 11.8 Å². The predicted molar refractivity (Wildman–Crippen MR) is 123 cm³/mol. The summed E-state index contributed by atoms with van der Waals surface area (Å²) >= 11 is 12.1. The third kappa shape index (κ3) is 4.67. The normalized spacial score (nSPS) is 24.8. The van der Waals surface area contributed by atoms with Gasteiger partial charge in [-0.15, -0.1) is 0 Å². The molecule has 0 bridgehead atoms. The van der Waals surface area contributed by atoms with Gasteiger partial charge in [0.15, 0.2) is 6.29 Å². The van der Waals surface area contributed by atoms with E-state index in [1.807, 2.05) is 26.0 Å². The number of amides is 3. The molecule has 4 unspecified atom stereocenters. The highest BCUT2D eigenvalue weighted by atomic mass is 35.5. The maximum absolute atomic E-state index is 13.0. The van der Waals surface area contributed by atoms with E-state index in [9.17, 15) is 14.4 Å². The van der Waals surface area contributed by atoms with E-state index in [0.717, 1.165) is 11.1 Å². The summed E-state index contributed by atoms with van der Waals surface area (Å²) in [6, 6.07) is 10.5. The van der Waals surface area contributed by atoms with E-state index in [2.05, 4.69) is 26.6 Å². The van der Waals surface area contributed by atoms with Gasteiger partial charge in [0.1, 0.15) is 0 Å². The number of fused-ring (bicyclic) bond motifs is 1. The molecule has 2 heterocycles. The lowest BCUT2D eigenvalue weighted by molar-refractivity contribution is -0.144. The van der Waals surface area contributed by atoms with Crippen LogP contribution in [0.15, 0.2) is 36.4 Å². The number of nitrogens with one attached hydrogen (secondary N) is 5. The number of benzene rings is 2. The molecule has 5 N–H and O–H groups in total. The summed E-state index contributed by atoms with van der Waals surface area (Å²) < 4.78 is 0. The number of hydrogen-bond donors (Lipinski definition) is 5. The van der Waals surface area contributed by atoms with Gasteiger partial charge >= 0.3 is 0 Å². The van der Waals surface area contributed by atoms with Gasteiger partial charge in [0, 0.05) is 17.1 Å². The van der Waals surface area contributed by atoms with Crippen LogP contribution in [0, 0.1) is 25.7 Å². The first kappa shape index (κ1) is 22.4. The van der Waals surface area contributed by atoms with Gasteiger partial charge < -0.3 is 21.3 Å². The van der Waals surface area contributed by atoms with Crippen LogP contribution in [-0.2, 0) is 14.4 Å². The lowest BCUT2D eigenvalue weighted by Crippen LogP contribution is -2.72. The Hall–Kier alpha value is -2.81. The Kier molecular flexibility index (Phi) is 6.28. The second kappa shape index (κ2) is 8.97. The molecule has 8 nitrogen and oxygen atoms in total. The van der Waals surface area contributed by atoms with Crippen molar-refractivity contribution in [3.63, 3.8) is 0 Å². The molecule has 2 aromatic carbocycles. The molecule has 32 heavy (non-hydrogen) atoms. The minimum Gasteiger partial charge on any atom is -0.352 e. The van der Waals surface area contributed by atoms with E-state index in [1.54, 1.807) is 24.3 Å². The number of anilines is 2. The Balaban J connectivity index is 1.49. The van der Waals surface area contributed by atoms with Gasteiger partial charge in [-0.2, -0.15) is 0 Å². The van der Waals surface area contributed by atoms with Crippen LogP contribution in [0.3, 0.4) is 0 Å². The summed E-state index contributed by atoms with van der Waals surface area (Å²) in [5.74, 6) is -2.61. The van der Waals surface area contributed by atoms with Crippen LogP contribution in [-0.4, -0.2) is 30.2 Å². The maximum Gasteiger partial charge on any atom is 0.229 e. The highest BCUT2D eigenvalue weighted by Gasteiger charge is 2.48. The van der Waals surface area contributed by atoms with Crippen LogP contribution in [0.5, 0.6) is 0 Å². The molecule has 10 heteroatoms. The van der Waals surface area contributed by atoms with Gasteiger partial charge in [-0.25, -0.2) is 0 Å². The average molecular weight is 476 g/mol. The molecule has 2 saturated heterocycles. The fourth-order valence-electron chi connectivity index (χ4n) is 3.97. The lowest BCUT2D eigenvalue weighted by atomic mass is 9.81. The van der Waals surface area contributed by atoms with Crippen molar-refractivity contribution < 1.29 is 14.4 Å². The number of piperidine rings is 1. The van der Waals surface area contributed by atoms with E-state index in [1.165, 1.54) is 0 Å². The number of carbonyl (C=O) groups is 3. The van der Waals surface area contributed by atoms with Crippen molar-refractivity contribution in [1.82, 2.24) is 16.0 Å². The zero-order valence-electron chi connectivity index (χ0n) is 17.5. The Morgan fingerprint density at radius 1 is 1.03 bits per heavy atom. The molecule has 3 amide bonds. The van der Waals surface area contributed by atoms with E-state index in [0.29, 0.717) is 21.4 Å². The summed E-state index contributed by atoms with van der Waals surface area (Å²) in [5, 5.41) is 15.5. The Morgan fingerprint density at radius 3 is 2.53 bits per heavy atom. The van der Waals surface area contributed by atoms with Crippen molar-refractivity contribution in [2.75, 3.05) is 10.6 Å². The number of rotatable bonds is 4. The van der Waals surface area contributed by atoms with Crippen LogP contribution in [0.4, 0.5) is 11.4 Å². The first-order valence-corrected chi connectivity index (χ1v) is 10.9. The molecule has 0 radical (unpaired) electrons. The summed E-state index contributed by atoms with van der Waals surface area (Å²) in [6.45, 7) is 3.93. The summed E-state index contributed by atoms with van der Waals surface area (Å²) in [7, 11) is 0. The van der Waals surface area contributed by atoms with Crippen LogP contribution in [0.1, 0.15) is 17.5 Å². The maximum atomic E-state index is 13.0. The van der Waals surface area contributed by atoms with Crippen molar-refractivity contribution in [3.05, 3.63) is 57.6 Å². The van der Waals surface area contributed by atoms with Crippen LogP contribution in [0.2, 0.25) is 10.0 Å². The van der Waals surface area contributed by atoms with Crippen LogP contribution in [0.25, 0.3) is 0 Å². The molecule has 0 spiro atoms. The Labute approximate surface area is 195 Å². The second-order valence-corrected chi connectivity index (χ2v) is 8.89. The SMILES string of the molecule is Cc1ccc(NC(=O)C2CC(=O)NC3NC(Nc4ccc(Cl)cc4Cl)NC(=O)C32)cc1C. The average Bonchev–Trinajstić information content (AvgIpc) is 2.72. The third-order valence-corrected chi connectivity index (χ3v) is 6.34. The van der Waals surface area contributed by atoms with Gasteiger partial charge in [0.05, 0.1) is 28.7 Å². The standard InChI is InChI=1S/C22H23Cl2N5O3/c1-10-3-5-13(7-11(10)2)25-20(31)14-9-17(30)27-19-18(14)21(32)29-22(28-19)26-16-6-4-12(23)8-15(16)24/h3-8,14,18-19,22,26,28H,9H2,1-2H3,(H,25,31)(H,27,30)(H,29,32). The first-order chi connectivity index (χ1) is 15.2. The van der Waals surface area contributed by atoms with Crippen molar-refractivity contribution in [1.29, 1.82) is 0 Å². The van der Waals surface area contributed by atoms with E-state index >= 15 is 0 Å². The molecule has 168 valence electrons. The van der Waals surface area contributed by atoms with Gasteiger partial charge in [0.25, 0.3) is 0 Å². The number of halogens is 2. The lowest BCUT2D eigenvalue weighted by Gasteiger charge is -2.43. The highest BCUT2D eigenvalue weighted by Crippen LogP contribution is 2.30. The highest BCUT2D eigenvalue weighted by molar-refractivity contribution is 6.36. The molecule has 2 aliphatic heterocycles. The molecule has 2 fully saturated rings. The van der Waals surface area contributed by atoms with Crippen LogP contribution >= 0.6 is 23.2 Å². The molecular formula is C22H23Cl2N5O3. The summed E-state index contributed by atoms with van der Waals surface area (Å²) in [5.41, 5.74) is 3.32. The molecule has 2 aromatic rings. The number of aryl methyl sites for hydroxylation is 2. The third-order valence-electron chi connectivity index (χ3n) is 5.79. The van der Waals surface area contributed by atoms with Crippen molar-refractivity contribution in [3.8, 4) is 0 Å². The molecular weight excluding hydrogens is 453 g/mol. The fraction of sp³-hybridized carbons (Fsp3) is 0.318. The van der Waals surface area contributed by atoms with E-state index < -0.39 is 24.3 Å². The second-order valence-electron chi connectivity index (χ2n) is 8.05. The van der Waals surface area contributed by atoms with Gasteiger partial charge in [-0.1, -0.05) is 29.3 Å². The molecule has 4 atom stereocenters. The Morgan fingerprint density at radius 2 is 1.81 bits per heavy atom. The van der Waals surface area contributed by atoms with Crippen molar-refractivity contribution >= 4 is 52.3 Å². The predicted octanol–water partition coefficient (Wildman–Crippen LogP) is 2.74. The molecule has 0 aromatic heterocycles. The molecule has 4 rings (SSSR count). The van der Waals surface area contributed by atoms with Crippen molar-refractivity contribution in [2.45, 2.75) is 32.7 Å². The molecule has 2 aliphatic rings. The largest absolute Gasteiger partial charge is 0.352 e. The van der Waals surface area contributed by atoms with E-state index in [4.69, 9.17) is 23.2 Å².